The minimum atomic E-state index is -0.214. The molecule has 2 amide bonds. The smallest absolute Gasteiger partial charge is 0.251 e. The Morgan fingerprint density at radius 3 is 2.48 bits per heavy atom. The molecule has 0 fully saturated rings. The highest BCUT2D eigenvalue weighted by Crippen LogP contribution is 2.22. The summed E-state index contributed by atoms with van der Waals surface area (Å²) in [5, 5.41) is 9.10. The summed E-state index contributed by atoms with van der Waals surface area (Å²) in [5.41, 5.74) is 3.85. The highest BCUT2D eigenvalue weighted by Gasteiger charge is 2.09. The summed E-state index contributed by atoms with van der Waals surface area (Å²) < 4.78 is 0. The summed E-state index contributed by atoms with van der Waals surface area (Å²) in [5.74, 6) is -0.352. The third-order valence-corrected chi connectivity index (χ3v) is 3.99. The first-order valence-corrected chi connectivity index (χ1v) is 8.47. The van der Waals surface area contributed by atoms with E-state index in [1.165, 1.54) is 0 Å². The van der Waals surface area contributed by atoms with E-state index in [0.29, 0.717) is 22.8 Å². The Labute approximate surface area is 152 Å². The highest BCUT2D eigenvalue weighted by atomic mass is 35.5. The van der Waals surface area contributed by atoms with Gasteiger partial charge in [-0.1, -0.05) is 23.7 Å². The lowest BCUT2D eigenvalue weighted by Gasteiger charge is -2.12. The average Bonchev–Trinajstić information content (AvgIpc) is 2.57. The largest absolute Gasteiger partial charge is 0.376 e. The van der Waals surface area contributed by atoms with Gasteiger partial charge in [0.2, 0.25) is 5.91 Å². The first-order valence-electron chi connectivity index (χ1n) is 8.09. The van der Waals surface area contributed by atoms with Crippen LogP contribution in [0.3, 0.4) is 0 Å². The Balaban J connectivity index is 2.01. The van der Waals surface area contributed by atoms with Gasteiger partial charge in [-0.15, -0.1) is 0 Å². The maximum atomic E-state index is 12.1. The molecular weight excluding hydrogens is 338 g/mol. The Bertz CT molecular complexity index is 790. The van der Waals surface area contributed by atoms with Crippen molar-refractivity contribution in [3.63, 3.8) is 0 Å². The standard InChI is InChI=1S/C19H22ClN3O2/c1-4-21-19(25)14-7-6-13(3)17(10-14)22-11-18(24)23-16-8-5-12(2)9-15(16)20/h5-10,22H,4,11H2,1-3H3,(H,21,25)(H,23,24). The number of carbonyl (C=O) groups is 2. The zero-order valence-corrected chi connectivity index (χ0v) is 15.3. The number of halogens is 1. The molecule has 5 nitrogen and oxygen atoms in total. The van der Waals surface area contributed by atoms with Crippen LogP contribution >= 0.6 is 11.6 Å². The molecule has 25 heavy (non-hydrogen) atoms. The number of aryl methyl sites for hydroxylation is 2. The van der Waals surface area contributed by atoms with Gasteiger partial charge in [-0.05, 0) is 56.2 Å². The summed E-state index contributed by atoms with van der Waals surface area (Å²) in [7, 11) is 0. The second-order valence-corrected chi connectivity index (χ2v) is 6.18. The zero-order valence-electron chi connectivity index (χ0n) is 14.6. The summed E-state index contributed by atoms with van der Waals surface area (Å²) >= 11 is 6.12. The van der Waals surface area contributed by atoms with E-state index in [-0.39, 0.29) is 18.4 Å². The molecule has 0 unspecified atom stereocenters. The molecule has 2 rings (SSSR count). The molecule has 0 saturated carbocycles. The SMILES string of the molecule is CCNC(=O)c1ccc(C)c(NCC(=O)Nc2ccc(C)cc2Cl)c1. The molecule has 0 aliphatic rings. The molecule has 0 atom stereocenters. The number of hydrogen-bond acceptors (Lipinski definition) is 3. The van der Waals surface area contributed by atoms with Crippen LogP contribution in [0.2, 0.25) is 5.02 Å². The summed E-state index contributed by atoms with van der Waals surface area (Å²) in [6, 6.07) is 10.8. The number of rotatable bonds is 6. The lowest BCUT2D eigenvalue weighted by Crippen LogP contribution is -2.24. The molecule has 6 heteroatoms. The first kappa shape index (κ1) is 18.8. The van der Waals surface area contributed by atoms with Crippen LogP contribution in [0.1, 0.15) is 28.4 Å². The van der Waals surface area contributed by atoms with Gasteiger partial charge in [0.1, 0.15) is 0 Å². The number of nitrogens with one attached hydrogen (secondary N) is 3. The van der Waals surface area contributed by atoms with E-state index in [1.807, 2.05) is 32.9 Å². The summed E-state index contributed by atoms with van der Waals surface area (Å²) in [4.78, 5) is 24.1. The molecule has 0 aliphatic heterocycles. The van der Waals surface area contributed by atoms with Crippen LogP contribution in [0.15, 0.2) is 36.4 Å². The summed E-state index contributed by atoms with van der Waals surface area (Å²) in [6.45, 7) is 6.35. The lowest BCUT2D eigenvalue weighted by atomic mass is 10.1. The third kappa shape index (κ3) is 5.22. The van der Waals surface area contributed by atoms with Gasteiger partial charge in [0.05, 0.1) is 17.3 Å². The Morgan fingerprint density at radius 2 is 1.80 bits per heavy atom. The van der Waals surface area contributed by atoms with Gasteiger partial charge in [0.15, 0.2) is 0 Å². The molecule has 0 aromatic heterocycles. The van der Waals surface area contributed by atoms with E-state index < -0.39 is 0 Å². The van der Waals surface area contributed by atoms with Crippen molar-refractivity contribution in [1.82, 2.24) is 5.32 Å². The van der Waals surface area contributed by atoms with Crippen molar-refractivity contribution in [2.45, 2.75) is 20.8 Å². The van der Waals surface area contributed by atoms with Crippen molar-refractivity contribution in [1.29, 1.82) is 0 Å². The van der Waals surface area contributed by atoms with E-state index in [2.05, 4.69) is 16.0 Å². The maximum absolute atomic E-state index is 12.1. The van der Waals surface area contributed by atoms with Crippen LogP contribution < -0.4 is 16.0 Å². The molecule has 2 aromatic carbocycles. The second kappa shape index (κ2) is 8.53. The first-order chi connectivity index (χ1) is 11.9. The van der Waals surface area contributed by atoms with Crippen molar-refractivity contribution < 1.29 is 9.59 Å². The van der Waals surface area contributed by atoms with E-state index in [9.17, 15) is 9.59 Å². The Kier molecular flexibility index (Phi) is 6.42. The van der Waals surface area contributed by atoms with Gasteiger partial charge < -0.3 is 16.0 Å². The molecule has 0 heterocycles. The van der Waals surface area contributed by atoms with Gasteiger partial charge in [0, 0.05) is 17.8 Å². The Morgan fingerprint density at radius 1 is 1.04 bits per heavy atom. The van der Waals surface area contributed by atoms with Crippen LogP contribution in [-0.2, 0) is 4.79 Å². The lowest BCUT2D eigenvalue weighted by molar-refractivity contribution is -0.114. The van der Waals surface area contributed by atoms with E-state index >= 15 is 0 Å². The molecule has 0 spiro atoms. The number of amides is 2. The van der Waals surface area contributed by atoms with Crippen LogP contribution in [0, 0.1) is 13.8 Å². The molecular formula is C19H22ClN3O2. The van der Waals surface area contributed by atoms with Gasteiger partial charge in [-0.2, -0.15) is 0 Å². The fraction of sp³-hybridized carbons (Fsp3) is 0.263. The molecule has 3 N–H and O–H groups in total. The number of benzene rings is 2. The van der Waals surface area contributed by atoms with Crippen molar-refractivity contribution >= 4 is 34.8 Å². The predicted octanol–water partition coefficient (Wildman–Crippen LogP) is 3.76. The molecule has 0 radical (unpaired) electrons. The third-order valence-electron chi connectivity index (χ3n) is 3.68. The fourth-order valence-corrected chi connectivity index (χ4v) is 2.59. The molecule has 0 aliphatic carbocycles. The second-order valence-electron chi connectivity index (χ2n) is 5.77. The summed E-state index contributed by atoms with van der Waals surface area (Å²) in [6.07, 6.45) is 0. The minimum absolute atomic E-state index is 0.0733. The van der Waals surface area contributed by atoms with Gasteiger partial charge in [-0.3, -0.25) is 9.59 Å². The number of carbonyl (C=O) groups excluding carboxylic acids is 2. The topological polar surface area (TPSA) is 70.2 Å². The molecule has 2 aromatic rings. The van der Waals surface area contributed by atoms with Crippen LogP contribution in [-0.4, -0.2) is 24.9 Å². The molecule has 0 bridgehead atoms. The van der Waals surface area contributed by atoms with Crippen LogP contribution in [0.5, 0.6) is 0 Å². The monoisotopic (exact) mass is 359 g/mol. The molecule has 132 valence electrons. The minimum Gasteiger partial charge on any atom is -0.376 e. The highest BCUT2D eigenvalue weighted by molar-refractivity contribution is 6.33. The van der Waals surface area contributed by atoms with E-state index in [4.69, 9.17) is 11.6 Å². The maximum Gasteiger partial charge on any atom is 0.251 e. The van der Waals surface area contributed by atoms with Crippen LogP contribution in [0.4, 0.5) is 11.4 Å². The average molecular weight is 360 g/mol. The quantitative estimate of drug-likeness (QED) is 0.735. The zero-order chi connectivity index (χ0) is 18.4. The van der Waals surface area contributed by atoms with E-state index in [0.717, 1.165) is 16.8 Å². The fourth-order valence-electron chi connectivity index (χ4n) is 2.31. The normalized spacial score (nSPS) is 10.2. The van der Waals surface area contributed by atoms with Gasteiger partial charge in [0.25, 0.3) is 5.91 Å². The van der Waals surface area contributed by atoms with Crippen LogP contribution in [0.25, 0.3) is 0 Å². The number of hydrogen-bond donors (Lipinski definition) is 3. The van der Waals surface area contributed by atoms with Crippen molar-refractivity contribution in [3.05, 3.63) is 58.1 Å². The van der Waals surface area contributed by atoms with Gasteiger partial charge >= 0.3 is 0 Å². The van der Waals surface area contributed by atoms with Crippen molar-refractivity contribution in [3.8, 4) is 0 Å². The molecule has 0 saturated heterocycles. The van der Waals surface area contributed by atoms with Gasteiger partial charge in [-0.25, -0.2) is 0 Å². The Hall–Kier alpha value is -2.53. The number of anilines is 2. The van der Waals surface area contributed by atoms with Crippen molar-refractivity contribution in [2.75, 3.05) is 23.7 Å². The van der Waals surface area contributed by atoms with Crippen molar-refractivity contribution in [2.24, 2.45) is 0 Å². The van der Waals surface area contributed by atoms with E-state index in [1.54, 1.807) is 24.3 Å². The predicted molar refractivity (Wildman–Crippen MR) is 102 cm³/mol.